The largest absolute Gasteiger partial charge is 0.334 e. The van der Waals surface area contributed by atoms with Gasteiger partial charge in [0.25, 0.3) is 11.8 Å². The van der Waals surface area contributed by atoms with Gasteiger partial charge in [-0.3, -0.25) is 9.59 Å². The molecule has 0 aliphatic carbocycles. The van der Waals surface area contributed by atoms with Gasteiger partial charge in [0.05, 0.1) is 56.0 Å². The van der Waals surface area contributed by atoms with Gasteiger partial charge >= 0.3 is 0 Å². The minimum absolute atomic E-state index is 0. The SMILES string of the molecule is C.O=C1NCN2C=C(Br)C=CC2=C1c1c(Cl)cccc1Cl.O=C1NCN2C=C(Sc3ccccc3)C=CC2=C1c1c(Cl)cccc1Cl.c1ccc(P(c2ccccc2)c2ccccc2)cc1.c1ccc(P(c2ccccc2)c2ccccc2)cc1.c1ccc(P(c2ccccc2)c2ccccc2)cc1.c1ccc([P+](c2ccccc2)(c2ccccc2)c2ccccc2)cc1. The van der Waals surface area contributed by atoms with Crippen LogP contribution in [-0.4, -0.2) is 35.0 Å². The highest BCUT2D eigenvalue weighted by Crippen LogP contribution is 2.54. The Morgan fingerprint density at radius 3 is 0.736 bits per heavy atom. The zero-order valence-electron chi connectivity index (χ0n) is 69.6. The van der Waals surface area contributed by atoms with E-state index in [1.807, 2.05) is 64.7 Å². The molecule has 636 valence electrons. The molecule has 4 aliphatic rings. The van der Waals surface area contributed by atoms with Crippen molar-refractivity contribution in [2.45, 2.75) is 12.3 Å². The number of benzene rings is 16. The van der Waals surface area contributed by atoms with Gasteiger partial charge in [-0.2, -0.15) is 0 Å². The third-order valence-electron chi connectivity index (χ3n) is 20.9. The Morgan fingerprint density at radius 2 is 0.488 bits per heavy atom. The van der Waals surface area contributed by atoms with Crippen molar-refractivity contribution in [1.82, 2.24) is 20.4 Å². The number of fused-ring (bicyclic) bond motifs is 2. The minimum atomic E-state index is -1.91. The maximum Gasteiger partial charge on any atom is 0.255 e. The van der Waals surface area contributed by atoms with Crippen molar-refractivity contribution < 1.29 is 9.59 Å². The second-order valence-corrected chi connectivity index (χ2v) is 42.9. The summed E-state index contributed by atoms with van der Waals surface area (Å²) in [5.74, 6) is -0.356. The lowest BCUT2D eigenvalue weighted by Crippen LogP contribution is -2.41. The fourth-order valence-corrected chi connectivity index (χ4v) is 28.8. The molecule has 6 nitrogen and oxygen atoms in total. The lowest BCUT2D eigenvalue weighted by Gasteiger charge is -2.32. The van der Waals surface area contributed by atoms with E-state index in [4.69, 9.17) is 46.4 Å². The summed E-state index contributed by atoms with van der Waals surface area (Å²) in [6.07, 6.45) is 11.6. The van der Waals surface area contributed by atoms with Crippen LogP contribution in [0.3, 0.4) is 0 Å². The molecule has 2 N–H and O–H groups in total. The van der Waals surface area contributed by atoms with Crippen LogP contribution in [0.25, 0.3) is 11.1 Å². The Hall–Kier alpha value is -11.8. The summed E-state index contributed by atoms with van der Waals surface area (Å²) in [4.78, 5) is 31.0. The Morgan fingerprint density at radius 1 is 0.271 bits per heavy atom. The predicted octanol–water partition coefficient (Wildman–Crippen LogP) is 24.5. The van der Waals surface area contributed by atoms with Crippen LogP contribution in [0.1, 0.15) is 18.6 Å². The second kappa shape index (κ2) is 47.5. The lowest BCUT2D eigenvalue weighted by molar-refractivity contribution is -0.117. The van der Waals surface area contributed by atoms with E-state index in [1.54, 1.807) is 48.2 Å². The fraction of sp³-hybridized carbons (Fsp3) is 0.0265. The summed E-state index contributed by atoms with van der Waals surface area (Å²) in [6, 6.07) is 161. The second-order valence-electron chi connectivity index (χ2n) is 29.1. The van der Waals surface area contributed by atoms with Crippen molar-refractivity contribution >= 4 is 197 Å². The number of carbonyl (C=O) groups excluding carboxylic acids is 2. The average Bonchev–Trinajstić information content (AvgIpc) is 0.734. The fourth-order valence-electron chi connectivity index (χ4n) is 15.2. The van der Waals surface area contributed by atoms with Crippen LogP contribution in [0.4, 0.5) is 0 Å². The van der Waals surface area contributed by atoms with Crippen LogP contribution >= 0.6 is 105 Å². The van der Waals surface area contributed by atoms with E-state index in [2.05, 4.69) is 433 Å². The van der Waals surface area contributed by atoms with Gasteiger partial charge in [-0.05, 0) is 197 Å². The van der Waals surface area contributed by atoms with Gasteiger partial charge in [0.15, 0.2) is 0 Å². The number of nitrogens with one attached hydrogen (secondary N) is 2. The first-order valence-corrected chi connectivity index (χ1v) is 50.5. The monoisotopic (exact) mass is 1910 g/mol. The van der Waals surface area contributed by atoms with Crippen LogP contribution in [0, 0.1) is 0 Å². The summed E-state index contributed by atoms with van der Waals surface area (Å²) in [5.41, 5.74) is 3.67. The highest BCUT2D eigenvalue weighted by Gasteiger charge is 2.47. The summed E-state index contributed by atoms with van der Waals surface area (Å²) in [5, 5.41) is 25.7. The van der Waals surface area contributed by atoms with Crippen molar-refractivity contribution in [3.05, 3.63) is 550 Å². The van der Waals surface area contributed by atoms with Crippen LogP contribution < -0.4 is 79.6 Å². The lowest BCUT2D eigenvalue weighted by atomic mass is 9.99. The van der Waals surface area contributed by atoms with Gasteiger partial charge in [-0.1, -0.05) is 442 Å². The molecule has 2 amide bonds. The molecule has 16 aromatic carbocycles. The molecule has 4 heterocycles. The predicted molar refractivity (Wildman–Crippen MR) is 566 cm³/mol. The first-order valence-electron chi connectivity index (χ1n) is 41.6. The van der Waals surface area contributed by atoms with E-state index in [1.165, 1.54) is 69.0 Å². The molecule has 0 saturated heterocycles. The molecule has 0 atom stereocenters. The van der Waals surface area contributed by atoms with E-state index in [-0.39, 0.29) is 19.2 Å². The Bertz CT molecular complexity index is 5730. The number of hydrogen-bond acceptors (Lipinski definition) is 5. The summed E-state index contributed by atoms with van der Waals surface area (Å²) < 4.78 is 0.932. The number of allylic oxidation sites excluding steroid dienone is 5. The smallest absolute Gasteiger partial charge is 0.255 e. The number of carbonyl (C=O) groups is 2. The zero-order chi connectivity index (χ0) is 88.1. The van der Waals surface area contributed by atoms with Crippen LogP contribution in [-0.2, 0) is 9.59 Å². The number of thioether (sulfide) groups is 1. The van der Waals surface area contributed by atoms with Gasteiger partial charge in [-0.15, -0.1) is 0 Å². The van der Waals surface area contributed by atoms with Gasteiger partial charge in [0.1, 0.15) is 28.5 Å². The first kappa shape index (κ1) is 93.4. The molecule has 0 fully saturated rings. The average molecular weight is 1920 g/mol. The van der Waals surface area contributed by atoms with Crippen molar-refractivity contribution in [2.75, 3.05) is 13.3 Å². The molecule has 20 rings (SSSR count). The standard InChI is InChI=1S/C24H20P.C20H14Cl2N2OS.3C18H15P.C14H9BrCl2N2O.CH4/c1-5-13-21(14-6-1)25(22-15-7-2-8-16-22,23-17-9-3-10-18-23)24-19-11-4-12-20-24;21-15-7-4-8-16(22)18(15)19-17-10-9-14(11-24(17)12-23-20(19)25)26-13-5-2-1-3-6-13;3*1-4-10-16(11-5-1)19(17-12-6-2-7-13-17)18-14-8-3-9-15-18;15-8-4-5-11-13(14(20)18-7-19(11)6-8)12-9(16)2-1-3-10(12)17;/h1-20H;1-11H,12H2,(H,23,25);3*1-15H;1-6H,7H2,(H,18,20);1H4/q+1;;;;;;. The summed E-state index contributed by atoms with van der Waals surface area (Å²) >= 11 is 30.2. The van der Waals surface area contributed by atoms with Crippen molar-refractivity contribution in [3.63, 3.8) is 0 Å². The maximum absolute atomic E-state index is 12.6. The molecule has 0 aromatic heterocycles. The molecule has 0 radical (unpaired) electrons. The van der Waals surface area contributed by atoms with Gasteiger partial charge in [-0.25, -0.2) is 0 Å². The van der Waals surface area contributed by atoms with Crippen molar-refractivity contribution in [3.8, 4) is 0 Å². The van der Waals surface area contributed by atoms with Crippen molar-refractivity contribution in [1.29, 1.82) is 0 Å². The number of hydrogen-bond donors (Lipinski definition) is 2. The molecule has 16 aromatic rings. The van der Waals surface area contributed by atoms with Crippen LogP contribution in [0.15, 0.2) is 523 Å². The number of rotatable bonds is 17. The Balaban J connectivity index is 0.000000125. The minimum Gasteiger partial charge on any atom is -0.334 e. The molecule has 0 spiro atoms. The number of amides is 2. The van der Waals surface area contributed by atoms with Gasteiger partial charge < -0.3 is 20.4 Å². The highest BCUT2D eigenvalue weighted by atomic mass is 79.9. The molecule has 16 heteroatoms. The zero-order valence-corrected chi connectivity index (χ0v) is 78.6. The maximum atomic E-state index is 12.6. The van der Waals surface area contributed by atoms with E-state index < -0.39 is 31.0 Å². The van der Waals surface area contributed by atoms with E-state index in [9.17, 15) is 9.59 Å². The quantitative estimate of drug-likeness (QED) is 0.0890. The normalized spacial score (nSPS) is 12.9. The molecule has 0 saturated carbocycles. The molecule has 129 heavy (non-hydrogen) atoms. The first-order chi connectivity index (χ1) is 63.0. The molecular weight excluding hydrogens is 1820 g/mol. The van der Waals surface area contributed by atoms with Crippen LogP contribution in [0.2, 0.25) is 20.1 Å². The summed E-state index contributed by atoms with van der Waals surface area (Å²) in [6.45, 7) is 0.822. The van der Waals surface area contributed by atoms with Gasteiger partial charge in [0, 0.05) is 37.8 Å². The van der Waals surface area contributed by atoms with Crippen molar-refractivity contribution in [2.24, 2.45) is 0 Å². The molecular formula is C113H92BrCl4N4O2P4S+. The Labute approximate surface area is 795 Å². The highest BCUT2D eigenvalue weighted by molar-refractivity contribution is 9.11. The summed E-state index contributed by atoms with van der Waals surface area (Å²) in [7, 11) is -3.24. The van der Waals surface area contributed by atoms with E-state index >= 15 is 0 Å². The molecule has 4 aliphatic heterocycles. The van der Waals surface area contributed by atoms with Crippen LogP contribution in [0.5, 0.6) is 0 Å². The molecule has 0 unspecified atom stereocenters. The third-order valence-corrected chi connectivity index (χ3v) is 35.2. The van der Waals surface area contributed by atoms with E-state index in [0.717, 1.165) is 25.7 Å². The topological polar surface area (TPSA) is 64.7 Å². The van der Waals surface area contributed by atoms with Gasteiger partial charge in [0.2, 0.25) is 0 Å². The third kappa shape index (κ3) is 23.8. The van der Waals surface area contributed by atoms with E-state index in [0.29, 0.717) is 55.7 Å². The Kier molecular flexibility index (Phi) is 34.4. The number of halogens is 5. The molecule has 0 bridgehead atoms. The number of nitrogens with zero attached hydrogens (tertiary/aromatic N) is 2.